The SMILES string of the molecule is CCOC(CN(C/C=C\COC(=O)OC)S(=O)(=O)c1ccc(C)cc1)OCC. The molecule has 0 aliphatic carbocycles. The van der Waals surface area contributed by atoms with Gasteiger partial charge >= 0.3 is 6.16 Å². The highest BCUT2D eigenvalue weighted by Crippen LogP contribution is 2.17. The Bertz CT molecular complexity index is 710. The van der Waals surface area contributed by atoms with Crippen molar-refractivity contribution in [3.63, 3.8) is 0 Å². The van der Waals surface area contributed by atoms with Crippen LogP contribution in [0.4, 0.5) is 4.79 Å². The van der Waals surface area contributed by atoms with Gasteiger partial charge in [-0.25, -0.2) is 13.2 Å². The summed E-state index contributed by atoms with van der Waals surface area (Å²) in [5, 5.41) is 0. The van der Waals surface area contributed by atoms with E-state index >= 15 is 0 Å². The first-order valence-electron chi connectivity index (χ1n) is 9.00. The molecule has 8 nitrogen and oxygen atoms in total. The first kappa shape index (κ1) is 24.1. The van der Waals surface area contributed by atoms with Gasteiger partial charge in [-0.2, -0.15) is 4.31 Å². The standard InChI is InChI=1S/C19H29NO7S/c1-5-25-18(26-6-2)15-20(13-7-8-14-27-19(21)24-4)28(22,23)17-11-9-16(3)10-12-17/h7-12,18H,5-6,13-15H2,1-4H3/b8-7-. The van der Waals surface area contributed by atoms with Crippen LogP contribution in [0.1, 0.15) is 19.4 Å². The van der Waals surface area contributed by atoms with E-state index in [-0.39, 0.29) is 24.6 Å². The zero-order valence-electron chi connectivity index (χ0n) is 16.8. The molecule has 158 valence electrons. The number of carbonyl (C=O) groups is 1. The Morgan fingerprint density at radius 1 is 1.11 bits per heavy atom. The average Bonchev–Trinajstić information content (AvgIpc) is 2.67. The second-order valence-corrected chi connectivity index (χ2v) is 7.65. The third kappa shape index (κ3) is 7.97. The quantitative estimate of drug-likeness (QED) is 0.294. The zero-order valence-corrected chi connectivity index (χ0v) is 17.6. The van der Waals surface area contributed by atoms with Gasteiger partial charge in [-0.3, -0.25) is 0 Å². The van der Waals surface area contributed by atoms with E-state index in [1.54, 1.807) is 36.4 Å². The lowest BCUT2D eigenvalue weighted by Crippen LogP contribution is -2.40. The average molecular weight is 416 g/mol. The second kappa shape index (κ2) is 12.5. The summed E-state index contributed by atoms with van der Waals surface area (Å²) >= 11 is 0. The molecule has 0 fully saturated rings. The number of rotatable bonds is 12. The number of hydrogen-bond donors (Lipinski definition) is 0. The summed E-state index contributed by atoms with van der Waals surface area (Å²) in [6.45, 7) is 6.38. The molecule has 0 atom stereocenters. The van der Waals surface area contributed by atoms with Crippen LogP contribution < -0.4 is 0 Å². The van der Waals surface area contributed by atoms with Gasteiger partial charge in [0.15, 0.2) is 6.29 Å². The van der Waals surface area contributed by atoms with Crippen LogP contribution in [0.25, 0.3) is 0 Å². The van der Waals surface area contributed by atoms with Crippen molar-refractivity contribution in [2.45, 2.75) is 32.0 Å². The second-order valence-electron chi connectivity index (χ2n) is 5.71. The molecule has 0 saturated heterocycles. The fourth-order valence-corrected chi connectivity index (χ4v) is 3.64. The molecule has 9 heteroatoms. The number of sulfonamides is 1. The third-order valence-corrected chi connectivity index (χ3v) is 5.50. The molecule has 0 aliphatic heterocycles. The zero-order chi connectivity index (χ0) is 21.0. The minimum absolute atomic E-state index is 0.0224. The third-order valence-electron chi connectivity index (χ3n) is 3.66. The van der Waals surface area contributed by atoms with Gasteiger partial charge in [0, 0.05) is 19.8 Å². The molecule has 0 heterocycles. The van der Waals surface area contributed by atoms with Crippen LogP contribution >= 0.6 is 0 Å². The maximum atomic E-state index is 13.1. The number of aryl methyl sites for hydroxylation is 1. The van der Waals surface area contributed by atoms with E-state index in [1.165, 1.54) is 11.4 Å². The summed E-state index contributed by atoms with van der Waals surface area (Å²) in [7, 11) is -2.56. The molecule has 0 aliphatic rings. The highest BCUT2D eigenvalue weighted by molar-refractivity contribution is 7.89. The molecular formula is C19H29NO7S. The fourth-order valence-electron chi connectivity index (χ4n) is 2.26. The van der Waals surface area contributed by atoms with Gasteiger partial charge in [0.05, 0.1) is 18.6 Å². The highest BCUT2D eigenvalue weighted by atomic mass is 32.2. The predicted molar refractivity (Wildman–Crippen MR) is 104 cm³/mol. The van der Waals surface area contributed by atoms with Crippen molar-refractivity contribution in [1.82, 2.24) is 4.31 Å². The molecule has 0 saturated carbocycles. The van der Waals surface area contributed by atoms with E-state index in [0.29, 0.717) is 13.2 Å². The predicted octanol–water partition coefficient (Wildman–Crippen LogP) is 2.72. The monoisotopic (exact) mass is 415 g/mol. The van der Waals surface area contributed by atoms with E-state index in [2.05, 4.69) is 4.74 Å². The van der Waals surface area contributed by atoms with E-state index in [0.717, 1.165) is 5.56 Å². The Hall–Kier alpha value is -1.94. The van der Waals surface area contributed by atoms with Crippen molar-refractivity contribution in [2.24, 2.45) is 0 Å². The van der Waals surface area contributed by atoms with Crippen molar-refractivity contribution in [3.8, 4) is 0 Å². The summed E-state index contributed by atoms with van der Waals surface area (Å²) in [5.41, 5.74) is 0.965. The Kier molecular flexibility index (Phi) is 10.8. The smallest absolute Gasteiger partial charge is 0.438 e. The van der Waals surface area contributed by atoms with Gasteiger partial charge in [-0.1, -0.05) is 23.8 Å². The van der Waals surface area contributed by atoms with Crippen LogP contribution in [-0.4, -0.2) is 65.2 Å². The molecule has 28 heavy (non-hydrogen) atoms. The van der Waals surface area contributed by atoms with Crippen molar-refractivity contribution in [3.05, 3.63) is 42.0 Å². The van der Waals surface area contributed by atoms with Crippen LogP contribution in [0.5, 0.6) is 0 Å². The van der Waals surface area contributed by atoms with E-state index in [9.17, 15) is 13.2 Å². The lowest BCUT2D eigenvalue weighted by atomic mass is 10.2. The molecule has 1 rings (SSSR count). The summed E-state index contributed by atoms with van der Waals surface area (Å²) in [6.07, 6.45) is 1.66. The van der Waals surface area contributed by atoms with Crippen molar-refractivity contribution in [1.29, 1.82) is 0 Å². The molecule has 1 aromatic carbocycles. The summed E-state index contributed by atoms with van der Waals surface area (Å²) in [6, 6.07) is 6.62. The molecular weight excluding hydrogens is 386 g/mol. The van der Waals surface area contributed by atoms with Crippen LogP contribution in [0.15, 0.2) is 41.3 Å². The number of carbonyl (C=O) groups excluding carboxylic acids is 1. The topological polar surface area (TPSA) is 91.4 Å². The number of benzene rings is 1. The molecule has 1 aromatic rings. The maximum absolute atomic E-state index is 13.1. The normalized spacial score (nSPS) is 12.1. The largest absolute Gasteiger partial charge is 0.508 e. The Balaban J connectivity index is 2.97. The number of ether oxygens (including phenoxy) is 4. The Morgan fingerprint density at radius 3 is 2.25 bits per heavy atom. The molecule has 0 unspecified atom stereocenters. The lowest BCUT2D eigenvalue weighted by molar-refractivity contribution is -0.139. The Morgan fingerprint density at radius 2 is 1.71 bits per heavy atom. The van der Waals surface area contributed by atoms with Crippen molar-refractivity contribution in [2.75, 3.05) is 40.0 Å². The van der Waals surface area contributed by atoms with E-state index < -0.39 is 22.5 Å². The van der Waals surface area contributed by atoms with Gasteiger partial charge in [-0.15, -0.1) is 0 Å². The van der Waals surface area contributed by atoms with Gasteiger partial charge in [0.2, 0.25) is 10.0 Å². The van der Waals surface area contributed by atoms with Crippen molar-refractivity contribution < 1.29 is 32.2 Å². The summed E-state index contributed by atoms with van der Waals surface area (Å²) in [5.74, 6) is 0. The number of methoxy groups -OCH3 is 1. The fraction of sp³-hybridized carbons (Fsp3) is 0.526. The van der Waals surface area contributed by atoms with Gasteiger partial charge in [-0.05, 0) is 39.0 Å². The highest BCUT2D eigenvalue weighted by Gasteiger charge is 2.27. The molecule has 0 amide bonds. The van der Waals surface area contributed by atoms with E-state index in [4.69, 9.17) is 14.2 Å². The molecule has 0 N–H and O–H groups in total. The number of nitrogens with zero attached hydrogens (tertiary/aromatic N) is 1. The molecule has 0 bridgehead atoms. The lowest BCUT2D eigenvalue weighted by Gasteiger charge is -2.26. The molecule has 0 radical (unpaired) electrons. The molecule has 0 spiro atoms. The first-order chi connectivity index (χ1) is 13.3. The van der Waals surface area contributed by atoms with Gasteiger partial charge < -0.3 is 18.9 Å². The van der Waals surface area contributed by atoms with Crippen LogP contribution in [0, 0.1) is 6.92 Å². The minimum Gasteiger partial charge on any atom is -0.438 e. The Labute approximate surface area is 167 Å². The van der Waals surface area contributed by atoms with Gasteiger partial charge in [0.1, 0.15) is 6.61 Å². The summed E-state index contributed by atoms with van der Waals surface area (Å²) in [4.78, 5) is 11.1. The maximum Gasteiger partial charge on any atom is 0.508 e. The van der Waals surface area contributed by atoms with Crippen LogP contribution in [0.3, 0.4) is 0 Å². The summed E-state index contributed by atoms with van der Waals surface area (Å²) < 4.78 is 47.5. The molecule has 0 aromatic heterocycles. The van der Waals surface area contributed by atoms with E-state index in [1.807, 2.05) is 20.8 Å². The number of hydrogen-bond acceptors (Lipinski definition) is 7. The minimum atomic E-state index is -3.77. The first-order valence-corrected chi connectivity index (χ1v) is 10.4. The van der Waals surface area contributed by atoms with Gasteiger partial charge in [0.25, 0.3) is 0 Å². The van der Waals surface area contributed by atoms with Crippen LogP contribution in [-0.2, 0) is 29.0 Å². The van der Waals surface area contributed by atoms with Crippen LogP contribution in [0.2, 0.25) is 0 Å². The van der Waals surface area contributed by atoms with Crippen molar-refractivity contribution >= 4 is 16.2 Å².